The van der Waals surface area contributed by atoms with Crippen LogP contribution in [0, 0.1) is 0 Å². The second-order valence-electron chi connectivity index (χ2n) is 15.5. The lowest BCUT2D eigenvalue weighted by Crippen LogP contribution is -2.50. The van der Waals surface area contributed by atoms with Crippen molar-refractivity contribution in [2.45, 2.75) is 107 Å². The Morgan fingerprint density at radius 1 is 0.793 bits per heavy atom. The van der Waals surface area contributed by atoms with Crippen molar-refractivity contribution in [1.29, 1.82) is 0 Å². The van der Waals surface area contributed by atoms with Crippen LogP contribution in [0.3, 0.4) is 0 Å². The molecule has 2 aliphatic heterocycles. The average Bonchev–Trinajstić information content (AvgIpc) is 3.65. The Bertz CT molecular complexity index is 2210. The third-order valence-corrected chi connectivity index (χ3v) is 13.6. The lowest BCUT2D eigenvalue weighted by Gasteiger charge is -2.33. The van der Waals surface area contributed by atoms with Crippen LogP contribution in [0.15, 0.2) is 101 Å². The van der Waals surface area contributed by atoms with E-state index in [0.29, 0.717) is 36.6 Å². The van der Waals surface area contributed by atoms with Gasteiger partial charge in [-0.15, -0.1) is 0 Å². The van der Waals surface area contributed by atoms with Crippen molar-refractivity contribution in [1.82, 2.24) is 14.5 Å². The summed E-state index contributed by atoms with van der Waals surface area (Å²) in [6.45, 7) is 10.1. The maximum Gasteiger partial charge on any atom is 0.305 e. The second-order valence-corrected chi connectivity index (χ2v) is 20.0. The molecule has 0 radical (unpaired) electrons. The Morgan fingerprint density at radius 3 is 1.98 bits per heavy atom. The molecule has 0 aromatic heterocycles. The van der Waals surface area contributed by atoms with E-state index < -0.39 is 43.4 Å². The van der Waals surface area contributed by atoms with E-state index in [2.05, 4.69) is 66.5 Å². The minimum absolute atomic E-state index is 0.0886. The topological polar surface area (TPSA) is 160 Å². The summed E-state index contributed by atoms with van der Waals surface area (Å²) >= 11 is 0. The molecule has 0 aliphatic carbocycles. The Morgan fingerprint density at radius 2 is 1.38 bits per heavy atom. The molecule has 58 heavy (non-hydrogen) atoms. The number of nitrogens with zero attached hydrogens (tertiary/aromatic N) is 2. The summed E-state index contributed by atoms with van der Waals surface area (Å²) in [4.78, 5) is 24.4. The third kappa shape index (κ3) is 12.8. The number of fused-ring (bicyclic) bond motifs is 1. The zero-order chi connectivity index (χ0) is 42.1. The number of benzene rings is 4. The fourth-order valence-corrected chi connectivity index (χ4v) is 9.71. The van der Waals surface area contributed by atoms with Gasteiger partial charge in [-0.1, -0.05) is 73.2 Å². The number of carbonyl (C=O) groups excluding carboxylic acids is 2. The number of aliphatic hydroxyl groups excluding tert-OH is 1. The first-order chi connectivity index (χ1) is 27.4. The standard InChI is InChI=1S/C32H43N3O3S.C11H11ClO6S/c1-32(2,22-26-12-15-27-9-4-5-10-28(27)21-26)33-23-31(36)30-11-8-18-34(30)24-25-13-16-29(17-14-25)39(37,38)35-19-6-3-7-20-35;1-7(13)17-11(18-8(2)14)9-3-5-10(6-4-9)19(12,15)16/h4-5,9-10,12-17,21,30-31,33,36H,3,6-8,11,18-20,22-24H2,1-2H3;3-6,11H,1-2H3/t30-,31-;/m1./s1. The molecule has 12 nitrogen and oxygen atoms in total. The molecule has 4 aromatic carbocycles. The summed E-state index contributed by atoms with van der Waals surface area (Å²) in [6, 6.07) is 27.6. The van der Waals surface area contributed by atoms with Crippen LogP contribution in [0.5, 0.6) is 0 Å². The fraction of sp³-hybridized carbons (Fsp3) is 0.442. The molecule has 0 amide bonds. The van der Waals surface area contributed by atoms with Crippen LogP contribution in [0.25, 0.3) is 10.8 Å². The number of ether oxygens (including phenoxy) is 2. The van der Waals surface area contributed by atoms with E-state index in [1.807, 2.05) is 12.1 Å². The summed E-state index contributed by atoms with van der Waals surface area (Å²) < 4.78 is 59.3. The van der Waals surface area contributed by atoms with E-state index >= 15 is 0 Å². The number of β-amino-alcohol motifs (C(OH)–C–C–N with tert-alkyl or cyclic N) is 1. The number of esters is 2. The van der Waals surface area contributed by atoms with Gasteiger partial charge in [0.05, 0.1) is 15.9 Å². The lowest BCUT2D eigenvalue weighted by atomic mass is 9.93. The van der Waals surface area contributed by atoms with Crippen molar-refractivity contribution < 1.29 is 41.0 Å². The Labute approximate surface area is 346 Å². The zero-order valence-corrected chi connectivity index (χ0v) is 35.9. The summed E-state index contributed by atoms with van der Waals surface area (Å²) in [5.41, 5.74) is 2.53. The number of rotatable bonds is 14. The Hall–Kier alpha value is -3.89. The van der Waals surface area contributed by atoms with Crippen LogP contribution in [-0.4, -0.2) is 86.9 Å². The average molecular weight is 857 g/mol. The van der Waals surface area contributed by atoms with Gasteiger partial charge >= 0.3 is 11.9 Å². The molecule has 0 bridgehead atoms. The number of hydrogen-bond donors (Lipinski definition) is 2. The van der Waals surface area contributed by atoms with E-state index in [9.17, 15) is 31.5 Å². The molecule has 2 fully saturated rings. The van der Waals surface area contributed by atoms with Gasteiger partial charge in [0.25, 0.3) is 15.3 Å². The Kier molecular flexibility index (Phi) is 15.5. The number of hydrogen-bond acceptors (Lipinski definition) is 11. The second kappa shape index (κ2) is 19.9. The number of aliphatic hydroxyl groups is 1. The minimum Gasteiger partial charge on any atom is -0.421 e. The first-order valence-electron chi connectivity index (χ1n) is 19.5. The summed E-state index contributed by atoms with van der Waals surface area (Å²) in [6.07, 6.45) is 4.19. The van der Waals surface area contributed by atoms with Gasteiger partial charge in [0.15, 0.2) is 0 Å². The van der Waals surface area contributed by atoms with Gasteiger partial charge in [-0.2, -0.15) is 4.31 Å². The van der Waals surface area contributed by atoms with Crippen molar-refractivity contribution in [2.75, 3.05) is 26.2 Å². The quantitative estimate of drug-likeness (QED) is 0.0791. The highest BCUT2D eigenvalue weighted by Gasteiger charge is 2.32. The predicted molar refractivity (Wildman–Crippen MR) is 224 cm³/mol. The van der Waals surface area contributed by atoms with Crippen molar-refractivity contribution in [3.05, 3.63) is 108 Å². The molecule has 2 heterocycles. The third-order valence-electron chi connectivity index (χ3n) is 10.3. The van der Waals surface area contributed by atoms with E-state index in [1.54, 1.807) is 16.4 Å². The first kappa shape index (κ1) is 45.2. The van der Waals surface area contributed by atoms with Gasteiger partial charge in [0, 0.05) is 67.9 Å². The van der Waals surface area contributed by atoms with Crippen LogP contribution in [0.4, 0.5) is 0 Å². The molecule has 2 N–H and O–H groups in total. The number of piperidine rings is 1. The highest BCUT2D eigenvalue weighted by atomic mass is 35.7. The highest BCUT2D eigenvalue weighted by molar-refractivity contribution is 8.13. The molecule has 0 unspecified atom stereocenters. The summed E-state index contributed by atoms with van der Waals surface area (Å²) in [5.74, 6) is -1.28. The van der Waals surface area contributed by atoms with Gasteiger partial charge in [-0.3, -0.25) is 14.5 Å². The van der Waals surface area contributed by atoms with E-state index in [1.165, 1.54) is 40.6 Å². The number of nitrogens with one attached hydrogen (secondary N) is 1. The smallest absolute Gasteiger partial charge is 0.305 e. The van der Waals surface area contributed by atoms with Gasteiger partial charge < -0.3 is 19.9 Å². The van der Waals surface area contributed by atoms with Crippen LogP contribution in [-0.2, 0) is 51.1 Å². The highest BCUT2D eigenvalue weighted by Crippen LogP contribution is 2.27. The molecular weight excluding hydrogens is 802 g/mol. The maximum atomic E-state index is 13.0. The molecule has 0 saturated carbocycles. The van der Waals surface area contributed by atoms with Gasteiger partial charge in [-0.25, -0.2) is 16.8 Å². The maximum absolute atomic E-state index is 13.0. The van der Waals surface area contributed by atoms with E-state index in [0.717, 1.165) is 64.5 Å². The van der Waals surface area contributed by atoms with Crippen LogP contribution >= 0.6 is 10.7 Å². The number of sulfonamides is 1. The van der Waals surface area contributed by atoms with Gasteiger partial charge in [-0.05, 0) is 98.7 Å². The van der Waals surface area contributed by atoms with Crippen LogP contribution in [0.1, 0.15) is 82.8 Å². The molecule has 314 valence electrons. The van der Waals surface area contributed by atoms with Gasteiger partial charge in [0.1, 0.15) is 0 Å². The molecule has 2 atom stereocenters. The molecule has 2 saturated heterocycles. The molecule has 15 heteroatoms. The Balaban J connectivity index is 0.000000284. The SMILES string of the molecule is CC(=O)OC(OC(C)=O)c1ccc(S(=O)(=O)Cl)cc1.CC(C)(Cc1ccc2ccccc2c1)NC[C@@H](O)[C@H]1CCCN1Cc1ccc(S(=O)(=O)N2CCCCC2)cc1. The molecule has 0 spiro atoms. The van der Waals surface area contributed by atoms with Crippen molar-refractivity contribution >= 4 is 52.5 Å². The number of carbonyl (C=O) groups is 2. The largest absolute Gasteiger partial charge is 0.421 e. The molecule has 6 rings (SSSR count). The summed E-state index contributed by atoms with van der Waals surface area (Å²) in [5, 5.41) is 17.3. The summed E-state index contributed by atoms with van der Waals surface area (Å²) in [7, 11) is -2.09. The fourth-order valence-electron chi connectivity index (χ4n) is 7.43. The first-order valence-corrected chi connectivity index (χ1v) is 23.3. The number of likely N-dealkylation sites (tertiary alicyclic amines) is 1. The molecule has 4 aromatic rings. The van der Waals surface area contributed by atoms with Crippen molar-refractivity contribution in [3.63, 3.8) is 0 Å². The normalized spacial score (nSPS) is 17.4. The molecular formula is C43H54ClN3O9S2. The minimum atomic E-state index is -3.83. The lowest BCUT2D eigenvalue weighted by molar-refractivity contribution is -0.186. The van der Waals surface area contributed by atoms with Crippen molar-refractivity contribution in [2.24, 2.45) is 0 Å². The van der Waals surface area contributed by atoms with E-state index in [4.69, 9.17) is 20.2 Å². The zero-order valence-electron chi connectivity index (χ0n) is 33.5. The van der Waals surface area contributed by atoms with Crippen LogP contribution in [0.2, 0.25) is 0 Å². The monoisotopic (exact) mass is 855 g/mol. The number of halogens is 1. The van der Waals surface area contributed by atoms with Crippen LogP contribution < -0.4 is 5.32 Å². The molecule has 2 aliphatic rings. The van der Waals surface area contributed by atoms with E-state index in [-0.39, 0.29) is 16.5 Å². The predicted octanol–water partition coefficient (Wildman–Crippen LogP) is 6.69. The van der Waals surface area contributed by atoms with Crippen molar-refractivity contribution in [3.8, 4) is 0 Å². The van der Waals surface area contributed by atoms with Gasteiger partial charge in [0.2, 0.25) is 10.0 Å².